The number of fused-ring (bicyclic) bond motifs is 3. The molecule has 0 aliphatic carbocycles. The third kappa shape index (κ3) is 2.34. The van der Waals surface area contributed by atoms with Crippen LogP contribution in [0.3, 0.4) is 0 Å². The van der Waals surface area contributed by atoms with Crippen LogP contribution < -0.4 is 5.43 Å². The van der Waals surface area contributed by atoms with Crippen molar-refractivity contribution in [3.63, 3.8) is 0 Å². The number of aromatic amines is 1. The molecular formula is C17H15N5O. The van der Waals surface area contributed by atoms with E-state index in [1.807, 2.05) is 44.2 Å². The van der Waals surface area contributed by atoms with Gasteiger partial charge in [-0.1, -0.05) is 12.1 Å². The van der Waals surface area contributed by atoms with E-state index in [9.17, 15) is 0 Å². The third-order valence-corrected chi connectivity index (χ3v) is 3.72. The molecule has 3 heterocycles. The molecule has 0 fully saturated rings. The quantitative estimate of drug-likeness (QED) is 0.446. The number of anilines is 1. The van der Waals surface area contributed by atoms with Gasteiger partial charge < -0.3 is 9.40 Å². The van der Waals surface area contributed by atoms with Gasteiger partial charge >= 0.3 is 0 Å². The molecular weight excluding hydrogens is 290 g/mol. The SMILES string of the molecule is Cc1cc(/C=N/Nc2ncnc3c2oc2ccccc23)c(C)[nH]1. The highest BCUT2D eigenvalue weighted by atomic mass is 16.3. The van der Waals surface area contributed by atoms with Crippen LogP contribution in [0.1, 0.15) is 17.0 Å². The van der Waals surface area contributed by atoms with E-state index in [1.165, 1.54) is 6.33 Å². The molecule has 0 bridgehead atoms. The van der Waals surface area contributed by atoms with Gasteiger partial charge in [-0.05, 0) is 32.0 Å². The highest BCUT2D eigenvalue weighted by Crippen LogP contribution is 2.30. The first-order valence-corrected chi connectivity index (χ1v) is 7.30. The van der Waals surface area contributed by atoms with Crippen molar-refractivity contribution in [1.82, 2.24) is 15.0 Å². The van der Waals surface area contributed by atoms with Crippen molar-refractivity contribution in [2.45, 2.75) is 13.8 Å². The fourth-order valence-corrected chi connectivity index (χ4v) is 2.65. The van der Waals surface area contributed by atoms with Gasteiger partial charge in [-0.3, -0.25) is 5.43 Å². The van der Waals surface area contributed by atoms with E-state index >= 15 is 0 Å². The van der Waals surface area contributed by atoms with Gasteiger partial charge in [0.25, 0.3) is 0 Å². The van der Waals surface area contributed by atoms with Gasteiger partial charge in [0.2, 0.25) is 0 Å². The molecule has 0 aliphatic heterocycles. The minimum absolute atomic E-state index is 0.548. The lowest BCUT2D eigenvalue weighted by molar-refractivity contribution is 0.667. The molecule has 0 unspecified atom stereocenters. The Bertz CT molecular complexity index is 1030. The lowest BCUT2D eigenvalue weighted by Gasteiger charge is -1.98. The monoisotopic (exact) mass is 305 g/mol. The van der Waals surface area contributed by atoms with Crippen LogP contribution in [-0.2, 0) is 0 Å². The summed E-state index contributed by atoms with van der Waals surface area (Å²) in [6.45, 7) is 4.02. The van der Waals surface area contributed by atoms with Crippen LogP contribution in [0.15, 0.2) is 46.2 Å². The number of nitrogens with zero attached hydrogens (tertiary/aromatic N) is 3. The Labute approximate surface area is 132 Å². The Morgan fingerprint density at radius 3 is 2.91 bits per heavy atom. The van der Waals surface area contributed by atoms with Gasteiger partial charge in [0.05, 0.1) is 6.21 Å². The zero-order valence-corrected chi connectivity index (χ0v) is 12.8. The molecule has 0 spiro atoms. The van der Waals surface area contributed by atoms with E-state index in [0.29, 0.717) is 11.4 Å². The van der Waals surface area contributed by atoms with Crippen LogP contribution >= 0.6 is 0 Å². The third-order valence-electron chi connectivity index (χ3n) is 3.72. The zero-order chi connectivity index (χ0) is 15.8. The second-order valence-corrected chi connectivity index (χ2v) is 5.40. The molecule has 114 valence electrons. The molecule has 6 nitrogen and oxygen atoms in total. The summed E-state index contributed by atoms with van der Waals surface area (Å²) in [4.78, 5) is 11.8. The van der Waals surface area contributed by atoms with Gasteiger partial charge in [0, 0.05) is 22.3 Å². The Balaban J connectivity index is 1.70. The second-order valence-electron chi connectivity index (χ2n) is 5.40. The second kappa shape index (κ2) is 5.24. The Morgan fingerprint density at radius 1 is 1.22 bits per heavy atom. The van der Waals surface area contributed by atoms with Crippen LogP contribution in [0, 0.1) is 13.8 Å². The number of hydrazone groups is 1. The molecule has 0 saturated carbocycles. The lowest BCUT2D eigenvalue weighted by Crippen LogP contribution is -1.95. The maximum absolute atomic E-state index is 5.85. The van der Waals surface area contributed by atoms with Gasteiger partial charge in [-0.25, -0.2) is 9.97 Å². The van der Waals surface area contributed by atoms with Crippen LogP contribution in [0.2, 0.25) is 0 Å². The lowest BCUT2D eigenvalue weighted by atomic mass is 10.2. The number of para-hydroxylation sites is 1. The number of nitrogens with one attached hydrogen (secondary N) is 2. The Hall–Kier alpha value is -3.15. The molecule has 3 aromatic heterocycles. The minimum atomic E-state index is 0.548. The smallest absolute Gasteiger partial charge is 0.197 e. The van der Waals surface area contributed by atoms with Crippen molar-refractivity contribution < 1.29 is 4.42 Å². The number of furan rings is 1. The first-order valence-electron chi connectivity index (χ1n) is 7.30. The fraction of sp³-hybridized carbons (Fsp3) is 0.118. The van der Waals surface area contributed by atoms with E-state index in [-0.39, 0.29) is 0 Å². The van der Waals surface area contributed by atoms with Crippen LogP contribution in [0.4, 0.5) is 5.82 Å². The van der Waals surface area contributed by atoms with Crippen molar-refractivity contribution in [3.05, 3.63) is 53.6 Å². The van der Waals surface area contributed by atoms with Gasteiger partial charge in [-0.2, -0.15) is 5.10 Å². The van der Waals surface area contributed by atoms with Crippen molar-refractivity contribution >= 4 is 34.1 Å². The summed E-state index contributed by atoms with van der Waals surface area (Å²) in [5.41, 5.74) is 8.32. The van der Waals surface area contributed by atoms with Gasteiger partial charge in [0.1, 0.15) is 17.4 Å². The highest BCUT2D eigenvalue weighted by Gasteiger charge is 2.12. The maximum Gasteiger partial charge on any atom is 0.197 e. The van der Waals surface area contributed by atoms with Crippen molar-refractivity contribution in [2.24, 2.45) is 5.10 Å². The molecule has 23 heavy (non-hydrogen) atoms. The largest absolute Gasteiger partial charge is 0.450 e. The molecule has 0 amide bonds. The molecule has 1 aromatic carbocycles. The fourth-order valence-electron chi connectivity index (χ4n) is 2.65. The summed E-state index contributed by atoms with van der Waals surface area (Å²) in [6, 6.07) is 9.82. The van der Waals surface area contributed by atoms with Gasteiger partial charge in [0.15, 0.2) is 11.4 Å². The molecule has 6 heteroatoms. The molecule has 0 aliphatic rings. The average molecular weight is 305 g/mol. The molecule has 0 saturated heterocycles. The normalized spacial score (nSPS) is 11.7. The molecule has 2 N–H and O–H groups in total. The number of hydrogen-bond acceptors (Lipinski definition) is 5. The molecule has 4 rings (SSSR count). The van der Waals surface area contributed by atoms with E-state index in [1.54, 1.807) is 6.21 Å². The summed E-state index contributed by atoms with van der Waals surface area (Å²) in [5, 5.41) is 5.23. The topological polar surface area (TPSA) is 79.1 Å². The zero-order valence-electron chi connectivity index (χ0n) is 12.8. The van der Waals surface area contributed by atoms with Crippen LogP contribution in [-0.4, -0.2) is 21.2 Å². The molecule has 0 radical (unpaired) electrons. The molecule has 4 aromatic rings. The first-order chi connectivity index (χ1) is 11.2. The summed E-state index contributed by atoms with van der Waals surface area (Å²) in [5.74, 6) is 0.548. The summed E-state index contributed by atoms with van der Waals surface area (Å²) >= 11 is 0. The van der Waals surface area contributed by atoms with E-state index in [0.717, 1.165) is 33.4 Å². The number of H-pyrrole nitrogens is 1. The first kappa shape index (κ1) is 13.5. The highest BCUT2D eigenvalue weighted by molar-refractivity contribution is 6.05. The van der Waals surface area contributed by atoms with E-state index < -0.39 is 0 Å². The predicted molar refractivity (Wildman–Crippen MR) is 90.8 cm³/mol. The van der Waals surface area contributed by atoms with E-state index in [2.05, 4.69) is 25.5 Å². The van der Waals surface area contributed by atoms with E-state index in [4.69, 9.17) is 4.42 Å². The van der Waals surface area contributed by atoms with Gasteiger partial charge in [-0.15, -0.1) is 0 Å². The van der Waals surface area contributed by atoms with Crippen molar-refractivity contribution in [1.29, 1.82) is 0 Å². The average Bonchev–Trinajstić information content (AvgIpc) is 3.08. The predicted octanol–water partition coefficient (Wildman–Crippen LogP) is 3.77. The Morgan fingerprint density at radius 2 is 2.09 bits per heavy atom. The van der Waals surface area contributed by atoms with Crippen molar-refractivity contribution in [3.8, 4) is 0 Å². The minimum Gasteiger partial charge on any atom is -0.450 e. The summed E-state index contributed by atoms with van der Waals surface area (Å²) in [6.07, 6.45) is 3.27. The Kier molecular flexibility index (Phi) is 3.08. The summed E-state index contributed by atoms with van der Waals surface area (Å²) < 4.78 is 5.85. The number of rotatable bonds is 3. The number of aryl methyl sites for hydroxylation is 2. The summed E-state index contributed by atoms with van der Waals surface area (Å²) in [7, 11) is 0. The number of hydrogen-bond donors (Lipinski definition) is 2. The molecule has 0 atom stereocenters. The van der Waals surface area contributed by atoms with Crippen molar-refractivity contribution in [2.75, 3.05) is 5.43 Å². The van der Waals surface area contributed by atoms with Crippen LogP contribution in [0.25, 0.3) is 22.1 Å². The van der Waals surface area contributed by atoms with Crippen LogP contribution in [0.5, 0.6) is 0 Å². The standard InChI is InChI=1S/C17H15N5O/c1-10-7-12(11(2)21-10)8-20-22-17-16-15(18-9-19-17)13-5-3-4-6-14(13)23-16/h3-9,21H,1-2H3,(H,18,19,22)/b20-8+. The number of aromatic nitrogens is 3. The maximum atomic E-state index is 5.85. The number of benzene rings is 1.